The Balaban J connectivity index is 2.40. The fourth-order valence-electron chi connectivity index (χ4n) is 0.998. The van der Waals surface area contributed by atoms with Crippen LogP contribution >= 0.6 is 0 Å². The van der Waals surface area contributed by atoms with E-state index in [-0.39, 0.29) is 5.60 Å². The van der Waals surface area contributed by atoms with Crippen molar-refractivity contribution in [2.75, 3.05) is 13.2 Å². The number of hydrogen-bond donors (Lipinski definition) is 1. The van der Waals surface area contributed by atoms with Crippen LogP contribution in [0.15, 0.2) is 0 Å². The third-order valence-electron chi connectivity index (χ3n) is 1.73. The van der Waals surface area contributed by atoms with Gasteiger partial charge in [-0.2, -0.15) is 0 Å². The van der Waals surface area contributed by atoms with Crippen molar-refractivity contribution >= 4 is 0 Å². The van der Waals surface area contributed by atoms with Crippen molar-refractivity contribution in [1.82, 2.24) is 0 Å². The minimum atomic E-state index is 0.0139. The molecular formula is C6H13NO. The monoisotopic (exact) mass is 115 g/mol. The number of nitrogens with two attached hydrogens (primary N) is 1. The largest absolute Gasteiger partial charge is 0.374 e. The summed E-state index contributed by atoms with van der Waals surface area (Å²) in [5.74, 6) is 0. The molecule has 0 unspecified atom stereocenters. The van der Waals surface area contributed by atoms with Gasteiger partial charge in [0.25, 0.3) is 0 Å². The maximum Gasteiger partial charge on any atom is 0.0777 e. The molecule has 0 aliphatic carbocycles. The second-order valence-electron chi connectivity index (χ2n) is 2.61. The Kier molecular flexibility index (Phi) is 1.54. The third kappa shape index (κ3) is 1.01. The first-order chi connectivity index (χ1) is 3.77. The summed E-state index contributed by atoms with van der Waals surface area (Å²) in [6, 6.07) is 0. The molecule has 1 aliphatic rings. The van der Waals surface area contributed by atoms with E-state index in [9.17, 15) is 0 Å². The molecule has 0 saturated carbocycles. The minimum absolute atomic E-state index is 0.0139. The lowest BCUT2D eigenvalue weighted by molar-refractivity contribution is 0.0280. The lowest BCUT2D eigenvalue weighted by Crippen LogP contribution is -2.32. The smallest absolute Gasteiger partial charge is 0.0777 e. The highest BCUT2D eigenvalue weighted by Crippen LogP contribution is 2.22. The van der Waals surface area contributed by atoms with E-state index in [1.54, 1.807) is 0 Å². The zero-order valence-electron chi connectivity index (χ0n) is 5.31. The van der Waals surface area contributed by atoms with Gasteiger partial charge in [-0.1, -0.05) is 0 Å². The summed E-state index contributed by atoms with van der Waals surface area (Å²) in [4.78, 5) is 0. The summed E-state index contributed by atoms with van der Waals surface area (Å²) < 4.78 is 5.36. The molecule has 0 radical (unpaired) electrons. The average molecular weight is 115 g/mol. The molecule has 0 aromatic carbocycles. The molecule has 0 bridgehead atoms. The molecule has 1 aliphatic heterocycles. The predicted octanol–water partition coefficient (Wildman–Crippen LogP) is 0.514. The fourth-order valence-corrected chi connectivity index (χ4v) is 0.998. The Hall–Kier alpha value is -0.0800. The van der Waals surface area contributed by atoms with Crippen molar-refractivity contribution < 1.29 is 4.74 Å². The average Bonchev–Trinajstić information content (AvgIpc) is 2.17. The molecule has 2 nitrogen and oxygen atoms in total. The Bertz CT molecular complexity index is 76.6. The van der Waals surface area contributed by atoms with Crippen molar-refractivity contribution in [1.29, 1.82) is 0 Å². The zero-order valence-corrected chi connectivity index (χ0v) is 5.31. The first-order valence-corrected chi connectivity index (χ1v) is 3.11. The maximum atomic E-state index is 5.44. The van der Waals surface area contributed by atoms with Crippen molar-refractivity contribution in [2.24, 2.45) is 5.73 Å². The van der Waals surface area contributed by atoms with Crippen LogP contribution in [0.3, 0.4) is 0 Å². The standard InChI is InChI=1S/C6H13NO/c1-6(5-7)3-2-4-8-6/h2-5,7H2,1H3/t6-/m1/s1. The Morgan fingerprint density at radius 1 is 1.75 bits per heavy atom. The lowest BCUT2D eigenvalue weighted by atomic mass is 10.0. The van der Waals surface area contributed by atoms with Crippen molar-refractivity contribution in [2.45, 2.75) is 25.4 Å². The Morgan fingerprint density at radius 3 is 2.75 bits per heavy atom. The van der Waals surface area contributed by atoms with Crippen LogP contribution in [0.4, 0.5) is 0 Å². The van der Waals surface area contributed by atoms with Gasteiger partial charge in [-0.25, -0.2) is 0 Å². The third-order valence-corrected chi connectivity index (χ3v) is 1.73. The zero-order chi connectivity index (χ0) is 6.04. The minimum Gasteiger partial charge on any atom is -0.374 e. The molecule has 0 spiro atoms. The van der Waals surface area contributed by atoms with Crippen LogP contribution in [-0.2, 0) is 4.74 Å². The summed E-state index contributed by atoms with van der Waals surface area (Å²) >= 11 is 0. The van der Waals surface area contributed by atoms with Gasteiger partial charge in [0, 0.05) is 13.2 Å². The number of rotatable bonds is 1. The molecule has 1 saturated heterocycles. The van der Waals surface area contributed by atoms with E-state index < -0.39 is 0 Å². The number of ether oxygens (including phenoxy) is 1. The summed E-state index contributed by atoms with van der Waals surface area (Å²) in [6.45, 7) is 3.63. The van der Waals surface area contributed by atoms with Crippen LogP contribution in [0.5, 0.6) is 0 Å². The van der Waals surface area contributed by atoms with Crippen molar-refractivity contribution in [3.05, 3.63) is 0 Å². The van der Waals surface area contributed by atoms with Crippen molar-refractivity contribution in [3.63, 3.8) is 0 Å². The molecule has 48 valence electrons. The normalized spacial score (nSPS) is 38.2. The summed E-state index contributed by atoms with van der Waals surface area (Å²) in [7, 11) is 0. The second kappa shape index (κ2) is 2.03. The quantitative estimate of drug-likeness (QED) is 0.540. The van der Waals surface area contributed by atoms with Gasteiger partial charge in [0.2, 0.25) is 0 Å². The van der Waals surface area contributed by atoms with E-state index in [0.717, 1.165) is 13.0 Å². The van der Waals surface area contributed by atoms with Gasteiger partial charge >= 0.3 is 0 Å². The second-order valence-corrected chi connectivity index (χ2v) is 2.61. The van der Waals surface area contributed by atoms with E-state index in [4.69, 9.17) is 10.5 Å². The van der Waals surface area contributed by atoms with Crippen LogP contribution in [-0.4, -0.2) is 18.8 Å². The maximum absolute atomic E-state index is 5.44. The van der Waals surface area contributed by atoms with Crippen LogP contribution in [0, 0.1) is 0 Å². The van der Waals surface area contributed by atoms with Crippen LogP contribution < -0.4 is 5.73 Å². The molecule has 2 N–H and O–H groups in total. The van der Waals surface area contributed by atoms with Gasteiger partial charge in [0.05, 0.1) is 5.60 Å². The molecule has 1 fully saturated rings. The van der Waals surface area contributed by atoms with Gasteiger partial charge < -0.3 is 10.5 Å². The van der Waals surface area contributed by atoms with E-state index in [1.165, 1.54) is 6.42 Å². The van der Waals surface area contributed by atoms with E-state index >= 15 is 0 Å². The van der Waals surface area contributed by atoms with E-state index in [0.29, 0.717) is 6.54 Å². The Labute approximate surface area is 50.0 Å². The molecular weight excluding hydrogens is 102 g/mol. The highest BCUT2D eigenvalue weighted by atomic mass is 16.5. The van der Waals surface area contributed by atoms with Crippen LogP contribution in [0.1, 0.15) is 19.8 Å². The molecule has 8 heavy (non-hydrogen) atoms. The topological polar surface area (TPSA) is 35.2 Å². The van der Waals surface area contributed by atoms with Gasteiger partial charge in [0.15, 0.2) is 0 Å². The first-order valence-electron chi connectivity index (χ1n) is 3.11. The van der Waals surface area contributed by atoms with Gasteiger partial charge in [-0.05, 0) is 19.8 Å². The molecule has 2 heteroatoms. The molecule has 1 heterocycles. The SMILES string of the molecule is C[C@]1(CN)CCCO1. The molecule has 1 atom stereocenters. The van der Waals surface area contributed by atoms with E-state index in [2.05, 4.69) is 6.92 Å². The molecule has 0 amide bonds. The summed E-state index contributed by atoms with van der Waals surface area (Å²) in [5, 5.41) is 0. The van der Waals surface area contributed by atoms with Gasteiger partial charge in [0.1, 0.15) is 0 Å². The van der Waals surface area contributed by atoms with Crippen LogP contribution in [0.2, 0.25) is 0 Å². The highest BCUT2D eigenvalue weighted by molar-refractivity contribution is 4.80. The van der Waals surface area contributed by atoms with Crippen molar-refractivity contribution in [3.8, 4) is 0 Å². The molecule has 0 aromatic heterocycles. The van der Waals surface area contributed by atoms with Crippen LogP contribution in [0.25, 0.3) is 0 Å². The first kappa shape index (κ1) is 6.05. The molecule has 0 aromatic rings. The highest BCUT2D eigenvalue weighted by Gasteiger charge is 2.27. The number of hydrogen-bond acceptors (Lipinski definition) is 2. The Morgan fingerprint density at radius 2 is 2.50 bits per heavy atom. The summed E-state index contributed by atoms with van der Waals surface area (Å²) in [6.07, 6.45) is 2.30. The predicted molar refractivity (Wildman–Crippen MR) is 32.6 cm³/mol. The van der Waals surface area contributed by atoms with E-state index in [1.807, 2.05) is 0 Å². The summed E-state index contributed by atoms with van der Waals surface area (Å²) in [5.41, 5.74) is 5.46. The van der Waals surface area contributed by atoms with Gasteiger partial charge in [-0.3, -0.25) is 0 Å². The van der Waals surface area contributed by atoms with Gasteiger partial charge in [-0.15, -0.1) is 0 Å². The molecule has 1 rings (SSSR count). The lowest BCUT2D eigenvalue weighted by Gasteiger charge is -2.19. The fraction of sp³-hybridized carbons (Fsp3) is 1.00.